The number of hydrogen-bond donors (Lipinski definition) is 1. The summed E-state index contributed by atoms with van der Waals surface area (Å²) in [4.78, 5) is 24.9. The maximum Gasteiger partial charge on any atom is 0.394 e. The number of likely N-dealkylation sites (N-methyl/N-ethyl adjacent to an activating group) is 2. The van der Waals surface area contributed by atoms with E-state index in [1.807, 2.05) is 7.05 Å². The standard InChI is InChI=1S/C9H16N2O3/c1-10-5-3-4-7(10)6-11(2)8(12)9(13)14/h7H,3-6H2,1-2H3,(H,13,14). The van der Waals surface area contributed by atoms with Gasteiger partial charge in [-0.05, 0) is 26.4 Å². The van der Waals surface area contributed by atoms with E-state index < -0.39 is 11.9 Å². The van der Waals surface area contributed by atoms with E-state index in [0.717, 1.165) is 19.4 Å². The second-order valence-electron chi connectivity index (χ2n) is 3.77. The van der Waals surface area contributed by atoms with Gasteiger partial charge in [-0.3, -0.25) is 4.79 Å². The predicted molar refractivity (Wildman–Crippen MR) is 50.9 cm³/mol. The van der Waals surface area contributed by atoms with Gasteiger partial charge >= 0.3 is 11.9 Å². The molecular weight excluding hydrogens is 184 g/mol. The number of nitrogens with zero attached hydrogens (tertiary/aromatic N) is 2. The monoisotopic (exact) mass is 200 g/mol. The molecule has 0 saturated carbocycles. The van der Waals surface area contributed by atoms with Crippen LogP contribution >= 0.6 is 0 Å². The lowest BCUT2D eigenvalue weighted by atomic mass is 10.2. The van der Waals surface area contributed by atoms with Gasteiger partial charge in [-0.15, -0.1) is 0 Å². The lowest BCUT2D eigenvalue weighted by Gasteiger charge is -2.24. The minimum absolute atomic E-state index is 0.309. The van der Waals surface area contributed by atoms with Crippen LogP contribution in [0.15, 0.2) is 0 Å². The molecule has 1 unspecified atom stereocenters. The molecule has 1 aliphatic rings. The lowest BCUT2D eigenvalue weighted by molar-refractivity contribution is -0.155. The molecule has 1 aliphatic heterocycles. The van der Waals surface area contributed by atoms with Crippen molar-refractivity contribution in [3.05, 3.63) is 0 Å². The molecule has 80 valence electrons. The molecule has 5 nitrogen and oxygen atoms in total. The second-order valence-corrected chi connectivity index (χ2v) is 3.77. The Morgan fingerprint density at radius 3 is 2.64 bits per heavy atom. The van der Waals surface area contributed by atoms with Crippen LogP contribution in [0.3, 0.4) is 0 Å². The molecule has 0 bridgehead atoms. The highest BCUT2D eigenvalue weighted by Gasteiger charge is 2.25. The number of likely N-dealkylation sites (tertiary alicyclic amines) is 1. The van der Waals surface area contributed by atoms with Gasteiger partial charge in [-0.25, -0.2) is 4.79 Å². The normalized spacial score (nSPS) is 22.3. The van der Waals surface area contributed by atoms with Gasteiger partial charge in [0.15, 0.2) is 0 Å². The van der Waals surface area contributed by atoms with Crippen molar-refractivity contribution in [2.45, 2.75) is 18.9 Å². The maximum atomic E-state index is 11.0. The van der Waals surface area contributed by atoms with Crippen molar-refractivity contribution >= 4 is 11.9 Å². The molecule has 1 rings (SSSR count). The Morgan fingerprint density at radius 1 is 1.57 bits per heavy atom. The van der Waals surface area contributed by atoms with Crippen molar-refractivity contribution in [2.24, 2.45) is 0 Å². The zero-order valence-corrected chi connectivity index (χ0v) is 8.56. The predicted octanol–water partition coefficient (Wildman–Crippen LogP) is -0.376. The number of rotatable bonds is 2. The van der Waals surface area contributed by atoms with Gasteiger partial charge in [-0.1, -0.05) is 0 Å². The van der Waals surface area contributed by atoms with Crippen LogP contribution < -0.4 is 0 Å². The number of hydrogen-bond acceptors (Lipinski definition) is 3. The van der Waals surface area contributed by atoms with Crippen molar-refractivity contribution < 1.29 is 14.7 Å². The van der Waals surface area contributed by atoms with Gasteiger partial charge in [0, 0.05) is 19.6 Å². The smallest absolute Gasteiger partial charge is 0.394 e. The number of aliphatic carboxylic acids is 1. The molecular formula is C9H16N2O3. The number of carbonyl (C=O) groups is 2. The van der Waals surface area contributed by atoms with Crippen LogP contribution in [0, 0.1) is 0 Å². The first kappa shape index (κ1) is 11.0. The zero-order chi connectivity index (χ0) is 10.7. The van der Waals surface area contributed by atoms with E-state index in [2.05, 4.69) is 4.90 Å². The molecule has 0 aliphatic carbocycles. The summed E-state index contributed by atoms with van der Waals surface area (Å²) < 4.78 is 0. The average Bonchev–Trinajstić information content (AvgIpc) is 2.50. The van der Waals surface area contributed by atoms with Gasteiger partial charge in [0.05, 0.1) is 0 Å². The Labute approximate surface area is 83.3 Å². The second kappa shape index (κ2) is 4.41. The van der Waals surface area contributed by atoms with Crippen molar-refractivity contribution in [3.8, 4) is 0 Å². The van der Waals surface area contributed by atoms with Crippen LogP contribution in [-0.4, -0.2) is 60.0 Å². The van der Waals surface area contributed by atoms with Crippen LogP contribution in [0.1, 0.15) is 12.8 Å². The molecule has 1 amide bonds. The minimum atomic E-state index is -1.38. The quantitative estimate of drug-likeness (QED) is 0.617. The molecule has 0 aromatic heterocycles. The summed E-state index contributed by atoms with van der Waals surface area (Å²) in [5.74, 6) is -2.21. The van der Waals surface area contributed by atoms with Gasteiger partial charge in [0.25, 0.3) is 0 Å². The Morgan fingerprint density at radius 2 is 2.21 bits per heavy atom. The molecule has 1 saturated heterocycles. The molecule has 0 aromatic rings. The van der Waals surface area contributed by atoms with E-state index in [-0.39, 0.29) is 0 Å². The molecule has 0 aromatic carbocycles. The van der Waals surface area contributed by atoms with Crippen molar-refractivity contribution in [3.63, 3.8) is 0 Å². The number of amides is 1. The van der Waals surface area contributed by atoms with E-state index in [0.29, 0.717) is 12.6 Å². The molecule has 1 heterocycles. The highest BCUT2D eigenvalue weighted by Crippen LogP contribution is 2.15. The molecule has 1 atom stereocenters. The van der Waals surface area contributed by atoms with Crippen LogP contribution in [0.4, 0.5) is 0 Å². The Balaban J connectivity index is 2.43. The Hall–Kier alpha value is -1.10. The lowest BCUT2D eigenvalue weighted by Crippen LogP contribution is -2.42. The molecule has 0 radical (unpaired) electrons. The zero-order valence-electron chi connectivity index (χ0n) is 8.56. The van der Waals surface area contributed by atoms with E-state index in [9.17, 15) is 9.59 Å². The summed E-state index contributed by atoms with van der Waals surface area (Å²) in [6.45, 7) is 1.53. The van der Waals surface area contributed by atoms with Gasteiger partial charge in [0.1, 0.15) is 0 Å². The van der Waals surface area contributed by atoms with Crippen molar-refractivity contribution in [1.82, 2.24) is 9.80 Å². The first-order valence-electron chi connectivity index (χ1n) is 4.71. The first-order valence-corrected chi connectivity index (χ1v) is 4.71. The third-order valence-electron chi connectivity index (χ3n) is 2.69. The summed E-state index contributed by atoms with van der Waals surface area (Å²) in [6, 6.07) is 0.309. The Kier molecular flexibility index (Phi) is 3.46. The summed E-state index contributed by atoms with van der Waals surface area (Å²) in [5.41, 5.74) is 0. The van der Waals surface area contributed by atoms with Crippen LogP contribution in [-0.2, 0) is 9.59 Å². The highest BCUT2D eigenvalue weighted by atomic mass is 16.4. The summed E-state index contributed by atoms with van der Waals surface area (Å²) >= 11 is 0. The summed E-state index contributed by atoms with van der Waals surface area (Å²) in [5, 5.41) is 8.49. The number of carboxylic acid groups (broad SMARTS) is 1. The van der Waals surface area contributed by atoms with Crippen LogP contribution in [0.5, 0.6) is 0 Å². The van der Waals surface area contributed by atoms with Gasteiger partial charge < -0.3 is 14.9 Å². The largest absolute Gasteiger partial charge is 0.474 e. The van der Waals surface area contributed by atoms with Crippen LogP contribution in [0.25, 0.3) is 0 Å². The first-order chi connectivity index (χ1) is 6.52. The fourth-order valence-corrected chi connectivity index (χ4v) is 1.77. The molecule has 1 N–H and O–H groups in total. The summed E-state index contributed by atoms with van der Waals surface area (Å²) in [6.07, 6.45) is 2.16. The third kappa shape index (κ3) is 2.45. The fraction of sp³-hybridized carbons (Fsp3) is 0.778. The molecule has 1 fully saturated rings. The van der Waals surface area contributed by atoms with E-state index in [1.165, 1.54) is 11.9 Å². The maximum absolute atomic E-state index is 11.0. The van der Waals surface area contributed by atoms with Crippen molar-refractivity contribution in [1.29, 1.82) is 0 Å². The fourth-order valence-electron chi connectivity index (χ4n) is 1.77. The van der Waals surface area contributed by atoms with Crippen molar-refractivity contribution in [2.75, 3.05) is 27.2 Å². The van der Waals surface area contributed by atoms with Gasteiger partial charge in [-0.2, -0.15) is 0 Å². The molecule has 0 spiro atoms. The van der Waals surface area contributed by atoms with E-state index in [1.54, 1.807) is 0 Å². The molecule has 14 heavy (non-hydrogen) atoms. The van der Waals surface area contributed by atoms with E-state index >= 15 is 0 Å². The Bertz CT molecular complexity index is 242. The SMILES string of the molecule is CN(CC1CCCN1C)C(=O)C(=O)O. The van der Waals surface area contributed by atoms with Crippen LogP contribution in [0.2, 0.25) is 0 Å². The minimum Gasteiger partial charge on any atom is -0.474 e. The average molecular weight is 200 g/mol. The number of carboxylic acids is 1. The summed E-state index contributed by atoms with van der Waals surface area (Å²) in [7, 11) is 3.53. The molecule has 5 heteroatoms. The number of carbonyl (C=O) groups excluding carboxylic acids is 1. The van der Waals surface area contributed by atoms with Gasteiger partial charge in [0.2, 0.25) is 0 Å². The highest BCUT2D eigenvalue weighted by molar-refractivity contribution is 6.31. The van der Waals surface area contributed by atoms with E-state index in [4.69, 9.17) is 5.11 Å². The third-order valence-corrected chi connectivity index (χ3v) is 2.69. The topological polar surface area (TPSA) is 60.9 Å².